The van der Waals surface area contributed by atoms with Crippen molar-refractivity contribution < 1.29 is 19.1 Å². The first-order chi connectivity index (χ1) is 13.7. The fourth-order valence-electron chi connectivity index (χ4n) is 4.18. The Kier molecular flexibility index (Phi) is 6.00. The zero-order valence-corrected chi connectivity index (χ0v) is 17.6. The SMILES string of the molecule is COc1ccc(C(=O)N2CCN(C(=O)NC(C)C)C[C@]3(CC(=O)N(C)C3)C2)cc1. The van der Waals surface area contributed by atoms with Gasteiger partial charge in [0.05, 0.1) is 7.11 Å². The number of rotatable bonds is 3. The van der Waals surface area contributed by atoms with Crippen LogP contribution in [0.2, 0.25) is 0 Å². The predicted octanol–water partition coefficient (Wildman–Crippen LogP) is 1.42. The number of hydrogen-bond acceptors (Lipinski definition) is 4. The van der Waals surface area contributed by atoms with Crippen LogP contribution in [0.25, 0.3) is 0 Å². The number of urea groups is 1. The summed E-state index contributed by atoms with van der Waals surface area (Å²) in [5.74, 6) is 0.640. The third-order valence-corrected chi connectivity index (χ3v) is 5.54. The molecule has 158 valence electrons. The second kappa shape index (κ2) is 8.31. The molecule has 0 saturated carbocycles. The average molecular weight is 402 g/mol. The topological polar surface area (TPSA) is 82.2 Å². The molecule has 2 aliphatic heterocycles. The van der Waals surface area contributed by atoms with Gasteiger partial charge in [-0.25, -0.2) is 4.79 Å². The highest BCUT2D eigenvalue weighted by molar-refractivity contribution is 5.94. The predicted molar refractivity (Wildman–Crippen MR) is 109 cm³/mol. The van der Waals surface area contributed by atoms with Gasteiger partial charge in [-0.3, -0.25) is 9.59 Å². The van der Waals surface area contributed by atoms with Crippen LogP contribution >= 0.6 is 0 Å². The summed E-state index contributed by atoms with van der Waals surface area (Å²) in [4.78, 5) is 43.4. The largest absolute Gasteiger partial charge is 0.497 e. The fraction of sp³-hybridized carbons (Fsp3) is 0.571. The quantitative estimate of drug-likeness (QED) is 0.829. The number of nitrogens with zero attached hydrogens (tertiary/aromatic N) is 3. The van der Waals surface area contributed by atoms with Crippen LogP contribution in [0.5, 0.6) is 5.75 Å². The van der Waals surface area contributed by atoms with E-state index in [1.807, 2.05) is 13.8 Å². The van der Waals surface area contributed by atoms with Gasteiger partial charge < -0.3 is 24.8 Å². The van der Waals surface area contributed by atoms with Crippen LogP contribution in [0.4, 0.5) is 4.79 Å². The highest BCUT2D eigenvalue weighted by atomic mass is 16.5. The number of likely N-dealkylation sites (tertiary alicyclic amines) is 1. The van der Waals surface area contributed by atoms with E-state index in [4.69, 9.17) is 4.74 Å². The molecular weight excluding hydrogens is 372 g/mol. The third-order valence-electron chi connectivity index (χ3n) is 5.54. The van der Waals surface area contributed by atoms with Crippen molar-refractivity contribution in [3.63, 3.8) is 0 Å². The van der Waals surface area contributed by atoms with Gasteiger partial charge in [0.2, 0.25) is 5.91 Å². The highest BCUT2D eigenvalue weighted by Gasteiger charge is 2.47. The summed E-state index contributed by atoms with van der Waals surface area (Å²) >= 11 is 0. The summed E-state index contributed by atoms with van der Waals surface area (Å²) in [7, 11) is 3.36. The van der Waals surface area contributed by atoms with E-state index in [1.54, 1.807) is 53.1 Å². The Balaban J connectivity index is 1.84. The normalized spacial score (nSPS) is 22.2. The zero-order chi connectivity index (χ0) is 21.2. The van der Waals surface area contributed by atoms with Crippen molar-refractivity contribution in [2.75, 3.05) is 46.9 Å². The van der Waals surface area contributed by atoms with Crippen molar-refractivity contribution in [3.05, 3.63) is 29.8 Å². The van der Waals surface area contributed by atoms with Crippen molar-refractivity contribution in [1.82, 2.24) is 20.0 Å². The Hall–Kier alpha value is -2.77. The van der Waals surface area contributed by atoms with Gasteiger partial charge in [-0.05, 0) is 38.1 Å². The van der Waals surface area contributed by atoms with Crippen LogP contribution in [0, 0.1) is 5.41 Å². The number of carbonyl (C=O) groups excluding carboxylic acids is 3. The van der Waals surface area contributed by atoms with E-state index in [1.165, 1.54) is 0 Å². The van der Waals surface area contributed by atoms with Gasteiger partial charge in [0.25, 0.3) is 5.91 Å². The van der Waals surface area contributed by atoms with E-state index >= 15 is 0 Å². The maximum atomic E-state index is 13.2. The number of methoxy groups -OCH3 is 1. The number of ether oxygens (including phenoxy) is 1. The molecule has 8 heteroatoms. The molecule has 3 rings (SSSR count). The van der Waals surface area contributed by atoms with Crippen LogP contribution in [0.15, 0.2) is 24.3 Å². The van der Waals surface area contributed by atoms with E-state index in [2.05, 4.69) is 5.32 Å². The van der Waals surface area contributed by atoms with Crippen LogP contribution in [-0.2, 0) is 4.79 Å². The van der Waals surface area contributed by atoms with Crippen LogP contribution < -0.4 is 10.1 Å². The molecule has 2 saturated heterocycles. The lowest BCUT2D eigenvalue weighted by Crippen LogP contribution is -2.49. The highest BCUT2D eigenvalue weighted by Crippen LogP contribution is 2.35. The van der Waals surface area contributed by atoms with Gasteiger partial charge in [0.15, 0.2) is 0 Å². The third kappa shape index (κ3) is 4.63. The van der Waals surface area contributed by atoms with Gasteiger partial charge in [-0.2, -0.15) is 0 Å². The lowest BCUT2D eigenvalue weighted by molar-refractivity contribution is -0.126. The van der Waals surface area contributed by atoms with Crippen LogP contribution in [0.1, 0.15) is 30.6 Å². The van der Waals surface area contributed by atoms with Crippen molar-refractivity contribution >= 4 is 17.8 Å². The maximum Gasteiger partial charge on any atom is 0.317 e. The van der Waals surface area contributed by atoms with Crippen LogP contribution in [0.3, 0.4) is 0 Å². The molecule has 0 unspecified atom stereocenters. The van der Waals surface area contributed by atoms with Crippen molar-refractivity contribution in [2.24, 2.45) is 5.41 Å². The Morgan fingerprint density at radius 3 is 2.24 bits per heavy atom. The van der Waals surface area contributed by atoms with E-state index < -0.39 is 5.41 Å². The first-order valence-corrected chi connectivity index (χ1v) is 9.96. The smallest absolute Gasteiger partial charge is 0.317 e. The molecule has 8 nitrogen and oxygen atoms in total. The first kappa shape index (κ1) is 21.0. The molecule has 1 aromatic rings. The Bertz CT molecular complexity index is 779. The average Bonchev–Trinajstić information content (AvgIpc) is 2.84. The molecule has 0 aliphatic carbocycles. The Morgan fingerprint density at radius 1 is 1.07 bits per heavy atom. The molecule has 2 fully saturated rings. The molecule has 0 radical (unpaired) electrons. The standard InChI is InChI=1S/C21H30N4O4/c1-15(2)22-20(28)25-10-9-24(13-21(14-25)11-18(26)23(3)12-21)19(27)16-5-7-17(29-4)8-6-16/h5-8,15H,9-14H2,1-4H3,(H,22,28)/t21-/m0/s1. The Labute approximate surface area is 171 Å². The van der Waals surface area contributed by atoms with Crippen molar-refractivity contribution in [3.8, 4) is 5.75 Å². The van der Waals surface area contributed by atoms with Gasteiger partial charge in [-0.1, -0.05) is 0 Å². The first-order valence-electron chi connectivity index (χ1n) is 9.96. The van der Waals surface area contributed by atoms with Gasteiger partial charge >= 0.3 is 6.03 Å². The number of amides is 4. The van der Waals surface area contributed by atoms with Crippen LogP contribution in [-0.4, -0.2) is 85.5 Å². The summed E-state index contributed by atoms with van der Waals surface area (Å²) in [5.41, 5.74) is 0.109. The molecular formula is C21H30N4O4. The maximum absolute atomic E-state index is 13.2. The monoisotopic (exact) mass is 402 g/mol. The molecule has 4 amide bonds. The summed E-state index contributed by atoms with van der Waals surface area (Å²) in [6.45, 7) is 6.11. The minimum Gasteiger partial charge on any atom is -0.497 e. The second-order valence-electron chi connectivity index (χ2n) is 8.41. The molecule has 0 bridgehead atoms. The fourth-order valence-corrected chi connectivity index (χ4v) is 4.18. The van der Waals surface area contributed by atoms with Gasteiger partial charge in [0.1, 0.15) is 5.75 Å². The molecule has 2 heterocycles. The minimum atomic E-state index is -0.460. The lowest BCUT2D eigenvalue weighted by Gasteiger charge is -2.33. The van der Waals surface area contributed by atoms with Crippen molar-refractivity contribution in [1.29, 1.82) is 0 Å². The molecule has 0 aromatic heterocycles. The number of carbonyl (C=O) groups is 3. The molecule has 1 atom stereocenters. The summed E-state index contributed by atoms with van der Waals surface area (Å²) in [6, 6.07) is 6.88. The Morgan fingerprint density at radius 2 is 1.69 bits per heavy atom. The molecule has 2 aliphatic rings. The molecule has 29 heavy (non-hydrogen) atoms. The summed E-state index contributed by atoms with van der Waals surface area (Å²) < 4.78 is 5.17. The van der Waals surface area contributed by atoms with E-state index in [9.17, 15) is 14.4 Å². The van der Waals surface area contributed by atoms with Gasteiger partial charge in [-0.15, -0.1) is 0 Å². The number of nitrogens with one attached hydrogen (secondary N) is 1. The van der Waals surface area contributed by atoms with Crippen molar-refractivity contribution in [2.45, 2.75) is 26.3 Å². The minimum absolute atomic E-state index is 0.0200. The lowest BCUT2D eigenvalue weighted by atomic mass is 9.86. The summed E-state index contributed by atoms with van der Waals surface area (Å²) in [5, 5.41) is 2.93. The molecule has 1 spiro atoms. The molecule has 1 N–H and O–H groups in total. The van der Waals surface area contributed by atoms with Gasteiger partial charge in [0, 0.05) is 63.2 Å². The van der Waals surface area contributed by atoms with E-state index in [0.29, 0.717) is 50.5 Å². The molecule has 1 aromatic carbocycles. The van der Waals surface area contributed by atoms with E-state index in [0.717, 1.165) is 0 Å². The summed E-state index contributed by atoms with van der Waals surface area (Å²) in [6.07, 6.45) is 0.335. The zero-order valence-electron chi connectivity index (χ0n) is 17.6. The number of hydrogen-bond donors (Lipinski definition) is 1. The number of benzene rings is 1. The second-order valence-corrected chi connectivity index (χ2v) is 8.41. The van der Waals surface area contributed by atoms with E-state index in [-0.39, 0.29) is 23.9 Å².